The fraction of sp³-hybridized carbons (Fsp3) is 0.467. The lowest BCUT2D eigenvalue weighted by Gasteiger charge is -2.27. The monoisotopic (exact) mass is 262 g/mol. The Morgan fingerprint density at radius 3 is 2.67 bits per heavy atom. The highest BCUT2D eigenvalue weighted by atomic mass is 32.1. The van der Waals surface area contributed by atoms with Gasteiger partial charge >= 0.3 is 0 Å². The summed E-state index contributed by atoms with van der Waals surface area (Å²) in [6, 6.07) is 8.58. The van der Waals surface area contributed by atoms with Gasteiger partial charge in [-0.1, -0.05) is 32.0 Å². The van der Waals surface area contributed by atoms with Crippen LogP contribution in [0.5, 0.6) is 0 Å². The molecule has 1 unspecified atom stereocenters. The molecule has 0 bridgehead atoms. The van der Waals surface area contributed by atoms with Gasteiger partial charge in [0.2, 0.25) is 0 Å². The lowest BCUT2D eigenvalue weighted by Crippen LogP contribution is -2.33. The molecule has 0 aliphatic carbocycles. The first-order valence-corrected chi connectivity index (χ1v) is 7.39. The van der Waals surface area contributed by atoms with Crippen molar-refractivity contribution in [1.82, 2.24) is 0 Å². The Morgan fingerprint density at radius 1 is 1.28 bits per heavy atom. The van der Waals surface area contributed by atoms with Crippen LogP contribution in [0.25, 0.3) is 10.1 Å². The number of benzene rings is 1. The van der Waals surface area contributed by atoms with E-state index in [4.69, 9.17) is 5.73 Å². The molecule has 0 aliphatic rings. The summed E-state index contributed by atoms with van der Waals surface area (Å²) >= 11 is 1.81. The Morgan fingerprint density at radius 2 is 2.00 bits per heavy atom. The third-order valence-electron chi connectivity index (χ3n) is 3.63. The van der Waals surface area contributed by atoms with Gasteiger partial charge in [-0.2, -0.15) is 0 Å². The van der Waals surface area contributed by atoms with E-state index in [1.165, 1.54) is 15.8 Å². The summed E-state index contributed by atoms with van der Waals surface area (Å²) in [6.45, 7) is 6.27. The van der Waals surface area contributed by atoms with Crippen molar-refractivity contribution < 1.29 is 0 Å². The molecule has 3 heteroatoms. The van der Waals surface area contributed by atoms with Crippen molar-refractivity contribution >= 4 is 27.1 Å². The van der Waals surface area contributed by atoms with Crippen LogP contribution in [0.2, 0.25) is 0 Å². The first-order valence-electron chi connectivity index (χ1n) is 6.51. The van der Waals surface area contributed by atoms with E-state index in [2.05, 4.69) is 55.4 Å². The van der Waals surface area contributed by atoms with Crippen LogP contribution in [-0.2, 0) is 0 Å². The standard InChI is InChI=1S/C15H22N2S/c1-11(2)12(8-16)9-17(3)14-10-18-15-7-5-4-6-13(14)15/h4-7,10-12H,8-9,16H2,1-3H3. The maximum Gasteiger partial charge on any atom is 0.0552 e. The largest absolute Gasteiger partial charge is 0.373 e. The number of hydrogen-bond donors (Lipinski definition) is 1. The molecule has 0 aliphatic heterocycles. The summed E-state index contributed by atoms with van der Waals surface area (Å²) in [5.41, 5.74) is 7.19. The second kappa shape index (κ2) is 5.72. The highest BCUT2D eigenvalue weighted by Gasteiger charge is 2.16. The smallest absolute Gasteiger partial charge is 0.0552 e. The van der Waals surface area contributed by atoms with E-state index in [-0.39, 0.29) is 0 Å². The molecule has 1 atom stereocenters. The summed E-state index contributed by atoms with van der Waals surface area (Å²) in [4.78, 5) is 2.34. The van der Waals surface area contributed by atoms with Crippen molar-refractivity contribution in [2.24, 2.45) is 17.6 Å². The second-order valence-electron chi connectivity index (χ2n) is 5.24. The van der Waals surface area contributed by atoms with Crippen LogP contribution in [0, 0.1) is 11.8 Å². The number of anilines is 1. The highest BCUT2D eigenvalue weighted by Crippen LogP contribution is 2.32. The van der Waals surface area contributed by atoms with Gasteiger partial charge in [0.1, 0.15) is 0 Å². The molecule has 18 heavy (non-hydrogen) atoms. The van der Waals surface area contributed by atoms with Crippen molar-refractivity contribution in [2.75, 3.05) is 25.0 Å². The summed E-state index contributed by atoms with van der Waals surface area (Å²) in [7, 11) is 2.17. The minimum Gasteiger partial charge on any atom is -0.373 e. The summed E-state index contributed by atoms with van der Waals surface area (Å²) < 4.78 is 1.35. The molecule has 1 heterocycles. The Hall–Kier alpha value is -1.06. The van der Waals surface area contributed by atoms with Gasteiger partial charge in [0.25, 0.3) is 0 Å². The maximum atomic E-state index is 5.86. The SMILES string of the molecule is CC(C)C(CN)CN(C)c1csc2ccccc12. The number of fused-ring (bicyclic) bond motifs is 1. The number of hydrogen-bond acceptors (Lipinski definition) is 3. The van der Waals surface area contributed by atoms with E-state index < -0.39 is 0 Å². The minimum atomic E-state index is 0.550. The summed E-state index contributed by atoms with van der Waals surface area (Å²) in [5.74, 6) is 1.18. The van der Waals surface area contributed by atoms with E-state index >= 15 is 0 Å². The Balaban J connectivity index is 2.20. The van der Waals surface area contributed by atoms with Crippen LogP contribution < -0.4 is 10.6 Å². The lowest BCUT2D eigenvalue weighted by molar-refractivity contribution is 0.398. The first-order chi connectivity index (χ1) is 8.63. The average Bonchev–Trinajstić information content (AvgIpc) is 2.79. The molecule has 2 aromatic rings. The zero-order valence-electron chi connectivity index (χ0n) is 11.4. The summed E-state index contributed by atoms with van der Waals surface area (Å²) in [5, 5.41) is 3.60. The topological polar surface area (TPSA) is 29.3 Å². The fourth-order valence-corrected chi connectivity index (χ4v) is 3.27. The van der Waals surface area contributed by atoms with Crippen LogP contribution in [0.15, 0.2) is 29.6 Å². The first kappa shape index (κ1) is 13.4. The molecule has 98 valence electrons. The third kappa shape index (κ3) is 2.68. The molecule has 2 rings (SSSR count). The highest BCUT2D eigenvalue weighted by molar-refractivity contribution is 7.17. The Kier molecular flexibility index (Phi) is 4.25. The minimum absolute atomic E-state index is 0.550. The van der Waals surface area contributed by atoms with Gasteiger partial charge in [0.15, 0.2) is 0 Å². The molecule has 2 N–H and O–H groups in total. The fourth-order valence-electron chi connectivity index (χ4n) is 2.27. The van der Waals surface area contributed by atoms with Gasteiger partial charge in [0, 0.05) is 29.1 Å². The van der Waals surface area contributed by atoms with Crippen LogP contribution in [0.4, 0.5) is 5.69 Å². The maximum absolute atomic E-state index is 5.86. The number of nitrogens with zero attached hydrogens (tertiary/aromatic N) is 1. The predicted molar refractivity (Wildman–Crippen MR) is 82.5 cm³/mol. The zero-order valence-corrected chi connectivity index (χ0v) is 12.2. The summed E-state index contributed by atoms with van der Waals surface area (Å²) in [6.07, 6.45) is 0. The van der Waals surface area contributed by atoms with Crippen molar-refractivity contribution in [3.05, 3.63) is 29.6 Å². The van der Waals surface area contributed by atoms with E-state index in [1.54, 1.807) is 0 Å². The van der Waals surface area contributed by atoms with Gasteiger partial charge in [-0.3, -0.25) is 0 Å². The third-order valence-corrected chi connectivity index (χ3v) is 4.58. The molecular weight excluding hydrogens is 240 g/mol. The van der Waals surface area contributed by atoms with Crippen LogP contribution in [0.1, 0.15) is 13.8 Å². The van der Waals surface area contributed by atoms with Gasteiger partial charge in [-0.25, -0.2) is 0 Å². The molecule has 0 saturated heterocycles. The molecule has 0 saturated carbocycles. The molecule has 0 spiro atoms. The molecule has 1 aromatic carbocycles. The average molecular weight is 262 g/mol. The Labute approximate surface area is 113 Å². The predicted octanol–water partition coefficient (Wildman–Crippen LogP) is 3.57. The zero-order chi connectivity index (χ0) is 13.1. The molecule has 0 amide bonds. The van der Waals surface area contributed by atoms with E-state index in [0.29, 0.717) is 11.8 Å². The van der Waals surface area contributed by atoms with Crippen molar-refractivity contribution in [2.45, 2.75) is 13.8 Å². The van der Waals surface area contributed by atoms with E-state index in [0.717, 1.165) is 13.1 Å². The number of thiophene rings is 1. The second-order valence-corrected chi connectivity index (χ2v) is 6.15. The molecule has 2 nitrogen and oxygen atoms in total. The molecule has 1 aromatic heterocycles. The van der Waals surface area contributed by atoms with Crippen molar-refractivity contribution in [3.8, 4) is 0 Å². The van der Waals surface area contributed by atoms with Gasteiger partial charge in [-0.15, -0.1) is 11.3 Å². The molecule has 0 fully saturated rings. The van der Waals surface area contributed by atoms with E-state index in [9.17, 15) is 0 Å². The Bertz CT molecular complexity index is 504. The van der Waals surface area contributed by atoms with Crippen LogP contribution in [-0.4, -0.2) is 20.1 Å². The van der Waals surface area contributed by atoms with Crippen LogP contribution in [0.3, 0.4) is 0 Å². The van der Waals surface area contributed by atoms with Crippen LogP contribution >= 0.6 is 11.3 Å². The lowest BCUT2D eigenvalue weighted by atomic mass is 9.95. The molecular formula is C15H22N2S. The van der Waals surface area contributed by atoms with Crippen molar-refractivity contribution in [1.29, 1.82) is 0 Å². The number of rotatable bonds is 5. The molecule has 0 radical (unpaired) electrons. The van der Waals surface area contributed by atoms with Gasteiger partial charge < -0.3 is 10.6 Å². The van der Waals surface area contributed by atoms with Gasteiger partial charge in [0.05, 0.1) is 5.69 Å². The van der Waals surface area contributed by atoms with E-state index in [1.807, 2.05) is 11.3 Å². The quantitative estimate of drug-likeness (QED) is 0.892. The number of nitrogens with two attached hydrogens (primary N) is 1. The van der Waals surface area contributed by atoms with Crippen molar-refractivity contribution in [3.63, 3.8) is 0 Å². The normalized spacial score (nSPS) is 13.2. The van der Waals surface area contributed by atoms with Gasteiger partial charge in [-0.05, 0) is 24.4 Å².